The molecule has 2 heterocycles. The summed E-state index contributed by atoms with van der Waals surface area (Å²) in [6.45, 7) is 2.39. The topological polar surface area (TPSA) is 90.7 Å². The first-order valence-electron chi connectivity index (χ1n) is 9.38. The van der Waals surface area contributed by atoms with Gasteiger partial charge in [0.1, 0.15) is 5.00 Å². The number of rotatable bonds is 5. The van der Waals surface area contributed by atoms with Gasteiger partial charge in [0.2, 0.25) is 12.7 Å². The number of anilines is 1. The molecule has 2 amide bonds. The van der Waals surface area contributed by atoms with Gasteiger partial charge in [-0.3, -0.25) is 9.59 Å². The average molecular weight is 398 g/mol. The predicted molar refractivity (Wildman–Crippen MR) is 109 cm³/mol. The van der Waals surface area contributed by atoms with E-state index in [1.165, 1.54) is 22.3 Å². The summed E-state index contributed by atoms with van der Waals surface area (Å²) in [5.41, 5.74) is 7.92. The van der Waals surface area contributed by atoms with E-state index in [0.717, 1.165) is 36.8 Å². The number of primary amides is 1. The molecule has 1 atom stereocenters. The molecule has 2 aliphatic rings. The normalized spacial score (nSPS) is 17.5. The van der Waals surface area contributed by atoms with Crippen molar-refractivity contribution in [2.45, 2.75) is 32.6 Å². The molecule has 7 heteroatoms. The molecule has 1 aliphatic carbocycles. The molecule has 1 unspecified atom stereocenters. The van der Waals surface area contributed by atoms with Crippen molar-refractivity contribution in [2.24, 2.45) is 11.7 Å². The van der Waals surface area contributed by atoms with E-state index in [4.69, 9.17) is 15.2 Å². The van der Waals surface area contributed by atoms with Crippen LogP contribution in [0.5, 0.6) is 11.5 Å². The minimum absolute atomic E-state index is 0.209. The first kappa shape index (κ1) is 18.6. The molecular formula is C21H22N2O4S. The van der Waals surface area contributed by atoms with Crippen molar-refractivity contribution in [1.29, 1.82) is 0 Å². The third kappa shape index (κ3) is 3.62. The number of amides is 2. The zero-order valence-corrected chi connectivity index (χ0v) is 16.4. The number of carbonyl (C=O) groups excluding carboxylic acids is 2. The highest BCUT2D eigenvalue weighted by molar-refractivity contribution is 7.17. The molecule has 146 valence electrons. The Morgan fingerprint density at radius 1 is 1.32 bits per heavy atom. The first-order valence-corrected chi connectivity index (χ1v) is 10.2. The standard InChI is InChI=1S/C21H22N2O4S/c1-2-12-3-6-14-17(10-12)28-21(19(14)20(22)25)23-18(24)8-5-13-4-7-15-16(9-13)27-11-26-15/h4-5,7-9,12H,2-3,6,10-11H2,1H3,(H2,22,25)(H,23,24)/b8-5+. The number of hydrogen-bond donors (Lipinski definition) is 2. The molecule has 0 saturated heterocycles. The number of nitrogens with two attached hydrogens (primary N) is 1. The minimum Gasteiger partial charge on any atom is -0.454 e. The summed E-state index contributed by atoms with van der Waals surface area (Å²) in [5, 5.41) is 3.39. The quantitative estimate of drug-likeness (QED) is 0.751. The lowest BCUT2D eigenvalue weighted by atomic mass is 9.85. The van der Waals surface area contributed by atoms with Crippen LogP contribution in [-0.2, 0) is 17.6 Å². The van der Waals surface area contributed by atoms with Crippen LogP contribution < -0.4 is 20.5 Å². The van der Waals surface area contributed by atoms with E-state index in [-0.39, 0.29) is 12.7 Å². The van der Waals surface area contributed by atoms with Crippen molar-refractivity contribution >= 4 is 34.2 Å². The number of fused-ring (bicyclic) bond motifs is 2. The van der Waals surface area contributed by atoms with Crippen LogP contribution in [0.25, 0.3) is 6.08 Å². The number of thiophene rings is 1. The van der Waals surface area contributed by atoms with Gasteiger partial charge in [-0.05, 0) is 54.5 Å². The van der Waals surface area contributed by atoms with Crippen LogP contribution in [0.3, 0.4) is 0 Å². The van der Waals surface area contributed by atoms with E-state index in [9.17, 15) is 9.59 Å². The van der Waals surface area contributed by atoms with E-state index in [1.807, 2.05) is 18.2 Å². The van der Waals surface area contributed by atoms with E-state index >= 15 is 0 Å². The Morgan fingerprint density at radius 3 is 2.93 bits per heavy atom. The molecule has 0 spiro atoms. The Morgan fingerprint density at radius 2 is 2.14 bits per heavy atom. The number of ether oxygens (including phenoxy) is 2. The van der Waals surface area contributed by atoms with Crippen LogP contribution in [-0.4, -0.2) is 18.6 Å². The number of carbonyl (C=O) groups is 2. The fraction of sp³-hybridized carbons (Fsp3) is 0.333. The third-order valence-corrected chi connectivity index (χ3v) is 6.42. The Balaban J connectivity index is 1.51. The highest BCUT2D eigenvalue weighted by atomic mass is 32.1. The maximum Gasteiger partial charge on any atom is 0.251 e. The highest BCUT2D eigenvalue weighted by Gasteiger charge is 2.27. The molecule has 3 N–H and O–H groups in total. The molecule has 2 aromatic rings. The van der Waals surface area contributed by atoms with Crippen LogP contribution in [0.4, 0.5) is 5.00 Å². The molecule has 1 aliphatic heterocycles. The fourth-order valence-electron chi connectivity index (χ4n) is 3.69. The summed E-state index contributed by atoms with van der Waals surface area (Å²) in [6.07, 6.45) is 7.09. The van der Waals surface area contributed by atoms with E-state index in [2.05, 4.69) is 12.2 Å². The largest absolute Gasteiger partial charge is 0.454 e. The lowest BCUT2D eigenvalue weighted by Crippen LogP contribution is -2.19. The van der Waals surface area contributed by atoms with E-state index in [0.29, 0.717) is 28.0 Å². The van der Waals surface area contributed by atoms with E-state index in [1.54, 1.807) is 6.08 Å². The predicted octanol–water partition coefficient (Wildman–Crippen LogP) is 3.74. The lowest BCUT2D eigenvalue weighted by Gasteiger charge is -2.20. The third-order valence-electron chi connectivity index (χ3n) is 5.25. The Hall–Kier alpha value is -2.80. The van der Waals surface area contributed by atoms with E-state index < -0.39 is 5.91 Å². The minimum atomic E-state index is -0.484. The van der Waals surface area contributed by atoms with Gasteiger partial charge in [0.25, 0.3) is 5.91 Å². The molecule has 1 aromatic carbocycles. The molecule has 0 fully saturated rings. The van der Waals surface area contributed by atoms with Crippen molar-refractivity contribution in [1.82, 2.24) is 0 Å². The number of benzene rings is 1. The maximum absolute atomic E-state index is 12.4. The van der Waals surface area contributed by atoms with Crippen molar-refractivity contribution in [3.8, 4) is 11.5 Å². The van der Waals surface area contributed by atoms with Crippen LogP contribution >= 0.6 is 11.3 Å². The lowest BCUT2D eigenvalue weighted by molar-refractivity contribution is -0.111. The Kier molecular flexibility index (Phi) is 5.09. The van der Waals surface area contributed by atoms with Crippen molar-refractivity contribution in [3.63, 3.8) is 0 Å². The molecule has 28 heavy (non-hydrogen) atoms. The van der Waals surface area contributed by atoms with Crippen LogP contribution in [0, 0.1) is 5.92 Å². The summed E-state index contributed by atoms with van der Waals surface area (Å²) in [6, 6.07) is 5.47. The zero-order chi connectivity index (χ0) is 19.7. The van der Waals surface area contributed by atoms with Gasteiger partial charge in [-0.2, -0.15) is 0 Å². The summed E-state index contributed by atoms with van der Waals surface area (Å²) in [4.78, 5) is 25.6. The number of hydrogen-bond acceptors (Lipinski definition) is 5. The molecule has 0 radical (unpaired) electrons. The monoisotopic (exact) mass is 398 g/mol. The second kappa shape index (κ2) is 7.67. The van der Waals surface area contributed by atoms with Gasteiger partial charge in [0.15, 0.2) is 11.5 Å². The summed E-state index contributed by atoms with van der Waals surface area (Å²) >= 11 is 1.47. The second-order valence-corrected chi connectivity index (χ2v) is 8.13. The molecular weight excluding hydrogens is 376 g/mol. The second-order valence-electron chi connectivity index (χ2n) is 7.02. The highest BCUT2D eigenvalue weighted by Crippen LogP contribution is 2.40. The van der Waals surface area contributed by atoms with Gasteiger partial charge >= 0.3 is 0 Å². The smallest absolute Gasteiger partial charge is 0.251 e. The van der Waals surface area contributed by atoms with Gasteiger partial charge < -0.3 is 20.5 Å². The molecule has 4 rings (SSSR count). The summed E-state index contributed by atoms with van der Waals surface area (Å²) < 4.78 is 10.6. The van der Waals surface area contributed by atoms with Crippen molar-refractivity contribution in [2.75, 3.05) is 12.1 Å². The van der Waals surface area contributed by atoms with Gasteiger partial charge in [0, 0.05) is 11.0 Å². The molecule has 0 saturated carbocycles. The number of nitrogens with one attached hydrogen (secondary N) is 1. The molecule has 1 aromatic heterocycles. The summed E-state index contributed by atoms with van der Waals surface area (Å²) in [5.74, 6) is 1.20. The summed E-state index contributed by atoms with van der Waals surface area (Å²) in [7, 11) is 0. The van der Waals surface area contributed by atoms with Crippen molar-refractivity contribution < 1.29 is 19.1 Å². The van der Waals surface area contributed by atoms with Crippen molar-refractivity contribution in [3.05, 3.63) is 45.8 Å². The first-order chi connectivity index (χ1) is 13.5. The fourth-order valence-corrected chi connectivity index (χ4v) is 5.06. The SMILES string of the molecule is CCC1CCc2c(sc(NC(=O)/C=C/c3ccc4c(c3)OCO4)c2C(N)=O)C1. The average Bonchev–Trinajstić information content (AvgIpc) is 3.28. The molecule has 0 bridgehead atoms. The Bertz CT molecular complexity index is 964. The van der Waals surface area contributed by atoms with Crippen LogP contribution in [0.1, 0.15) is 46.1 Å². The van der Waals surface area contributed by atoms with Crippen LogP contribution in [0.15, 0.2) is 24.3 Å². The van der Waals surface area contributed by atoms with Gasteiger partial charge in [-0.1, -0.05) is 19.4 Å². The zero-order valence-electron chi connectivity index (χ0n) is 15.6. The Labute approximate surface area is 167 Å². The van der Waals surface area contributed by atoms with Gasteiger partial charge in [-0.15, -0.1) is 11.3 Å². The van der Waals surface area contributed by atoms with Gasteiger partial charge in [-0.25, -0.2) is 0 Å². The van der Waals surface area contributed by atoms with Crippen LogP contribution in [0.2, 0.25) is 0 Å². The van der Waals surface area contributed by atoms with Gasteiger partial charge in [0.05, 0.1) is 5.56 Å². The maximum atomic E-state index is 12.4. The molecule has 6 nitrogen and oxygen atoms in total.